The molecule has 1 aromatic carbocycles. The van der Waals surface area contributed by atoms with Crippen molar-refractivity contribution in [3.8, 4) is 0 Å². The van der Waals surface area contributed by atoms with Gasteiger partial charge in [-0.3, -0.25) is 4.79 Å². The number of carbonyl (C=O) groups is 2. The summed E-state index contributed by atoms with van der Waals surface area (Å²) in [6.45, 7) is 9.83. The van der Waals surface area contributed by atoms with E-state index in [0.717, 1.165) is 12.0 Å². The van der Waals surface area contributed by atoms with Crippen molar-refractivity contribution in [3.63, 3.8) is 0 Å². The number of carbonyl (C=O) groups excluding carboxylic acids is 2. The summed E-state index contributed by atoms with van der Waals surface area (Å²) in [4.78, 5) is 24.4. The normalized spacial score (nSPS) is 13.8. The first-order valence-electron chi connectivity index (χ1n) is 8.02. The fourth-order valence-corrected chi connectivity index (χ4v) is 2.04. The molecular weight excluding hydrogens is 292 g/mol. The number of hydrogen-bond acceptors (Lipinski definition) is 3. The van der Waals surface area contributed by atoms with E-state index in [1.807, 2.05) is 65.0 Å². The lowest BCUT2D eigenvalue weighted by molar-refractivity contribution is -0.125. The minimum absolute atomic E-state index is 0.0154. The summed E-state index contributed by atoms with van der Waals surface area (Å²) in [7, 11) is 0. The largest absolute Gasteiger partial charge is 0.445 e. The number of rotatable bonds is 6. The van der Waals surface area contributed by atoms with Crippen molar-refractivity contribution >= 4 is 12.0 Å². The molecule has 0 fully saturated rings. The van der Waals surface area contributed by atoms with Crippen LogP contribution in [0.1, 0.15) is 46.6 Å². The molecule has 0 aliphatic carbocycles. The van der Waals surface area contributed by atoms with Gasteiger partial charge in [0.25, 0.3) is 0 Å². The smallest absolute Gasteiger partial charge is 0.408 e. The number of ether oxygens (including phenoxy) is 1. The van der Waals surface area contributed by atoms with Gasteiger partial charge in [0.2, 0.25) is 5.91 Å². The van der Waals surface area contributed by atoms with E-state index in [1.54, 1.807) is 0 Å². The Hall–Kier alpha value is -2.04. The first-order valence-corrected chi connectivity index (χ1v) is 8.02. The molecule has 5 heteroatoms. The molecule has 23 heavy (non-hydrogen) atoms. The zero-order valence-electron chi connectivity index (χ0n) is 14.7. The molecule has 0 radical (unpaired) electrons. The molecule has 2 N–H and O–H groups in total. The number of hydrogen-bond donors (Lipinski definition) is 2. The Morgan fingerprint density at radius 2 is 1.78 bits per heavy atom. The highest BCUT2D eigenvalue weighted by molar-refractivity contribution is 5.86. The van der Waals surface area contributed by atoms with Crippen LogP contribution in [0, 0.1) is 5.92 Å². The summed E-state index contributed by atoms with van der Waals surface area (Å²) in [5.41, 5.74) is 0.556. The highest BCUT2D eigenvalue weighted by Gasteiger charge is 2.28. The quantitative estimate of drug-likeness (QED) is 0.845. The van der Waals surface area contributed by atoms with E-state index < -0.39 is 12.1 Å². The Morgan fingerprint density at radius 1 is 1.17 bits per heavy atom. The molecule has 1 rings (SSSR count). The average molecular weight is 320 g/mol. The predicted molar refractivity (Wildman–Crippen MR) is 90.9 cm³/mol. The molecule has 0 saturated heterocycles. The number of nitrogens with one attached hydrogen (secondary N) is 2. The summed E-state index contributed by atoms with van der Waals surface area (Å²) >= 11 is 0. The van der Waals surface area contributed by atoms with E-state index in [-0.39, 0.29) is 24.0 Å². The van der Waals surface area contributed by atoms with Gasteiger partial charge in [-0.2, -0.15) is 0 Å². The van der Waals surface area contributed by atoms with Gasteiger partial charge in [-0.1, -0.05) is 50.6 Å². The molecule has 1 unspecified atom stereocenters. The molecule has 0 aliphatic heterocycles. The molecule has 0 aromatic heterocycles. The molecular formula is C18H28N2O3. The van der Waals surface area contributed by atoms with Gasteiger partial charge in [0, 0.05) is 5.54 Å². The molecule has 128 valence electrons. The van der Waals surface area contributed by atoms with Gasteiger partial charge in [-0.05, 0) is 32.3 Å². The van der Waals surface area contributed by atoms with Crippen LogP contribution >= 0.6 is 0 Å². The van der Waals surface area contributed by atoms with Crippen LogP contribution in [0.25, 0.3) is 0 Å². The maximum Gasteiger partial charge on any atom is 0.408 e. The van der Waals surface area contributed by atoms with Gasteiger partial charge < -0.3 is 15.4 Å². The molecule has 0 bridgehead atoms. The van der Waals surface area contributed by atoms with E-state index in [9.17, 15) is 9.59 Å². The van der Waals surface area contributed by atoms with Crippen LogP contribution in [-0.4, -0.2) is 23.6 Å². The van der Waals surface area contributed by atoms with Gasteiger partial charge >= 0.3 is 6.09 Å². The van der Waals surface area contributed by atoms with Crippen LogP contribution in [0.3, 0.4) is 0 Å². The molecule has 0 aliphatic rings. The molecule has 0 spiro atoms. The second-order valence-electron chi connectivity index (χ2n) is 6.81. The third-order valence-electron chi connectivity index (χ3n) is 3.48. The van der Waals surface area contributed by atoms with Crippen molar-refractivity contribution in [3.05, 3.63) is 35.9 Å². The van der Waals surface area contributed by atoms with Gasteiger partial charge in [0.05, 0.1) is 0 Å². The number of alkyl carbamates (subject to hydrolysis) is 1. The van der Waals surface area contributed by atoms with Gasteiger partial charge in [-0.25, -0.2) is 4.79 Å². The molecule has 2 atom stereocenters. The Morgan fingerprint density at radius 3 is 2.30 bits per heavy atom. The first kappa shape index (κ1) is 19.0. The van der Waals surface area contributed by atoms with Crippen molar-refractivity contribution in [1.29, 1.82) is 0 Å². The lowest BCUT2D eigenvalue weighted by atomic mass is 9.97. The van der Waals surface area contributed by atoms with E-state index >= 15 is 0 Å². The fourth-order valence-electron chi connectivity index (χ4n) is 2.04. The van der Waals surface area contributed by atoms with Gasteiger partial charge in [0.1, 0.15) is 12.6 Å². The molecule has 0 saturated carbocycles. The van der Waals surface area contributed by atoms with Crippen LogP contribution in [0.2, 0.25) is 0 Å². The third-order valence-corrected chi connectivity index (χ3v) is 3.48. The highest BCUT2D eigenvalue weighted by atomic mass is 16.5. The molecule has 0 heterocycles. The second kappa shape index (κ2) is 8.56. The summed E-state index contributed by atoms with van der Waals surface area (Å²) in [6, 6.07) is 8.82. The van der Waals surface area contributed by atoms with E-state index in [2.05, 4.69) is 10.6 Å². The Balaban J connectivity index is 2.62. The van der Waals surface area contributed by atoms with Crippen molar-refractivity contribution in [2.75, 3.05) is 0 Å². The van der Waals surface area contributed by atoms with Crippen LogP contribution in [-0.2, 0) is 16.1 Å². The predicted octanol–water partition coefficient (Wildman–Crippen LogP) is 3.24. The number of benzene rings is 1. The lowest BCUT2D eigenvalue weighted by Gasteiger charge is -2.28. The van der Waals surface area contributed by atoms with Crippen LogP contribution < -0.4 is 10.6 Å². The van der Waals surface area contributed by atoms with E-state index in [0.29, 0.717) is 0 Å². The maximum atomic E-state index is 12.4. The first-order chi connectivity index (χ1) is 10.7. The third kappa shape index (κ3) is 7.17. The van der Waals surface area contributed by atoms with Crippen molar-refractivity contribution < 1.29 is 14.3 Å². The van der Waals surface area contributed by atoms with Crippen LogP contribution in [0.5, 0.6) is 0 Å². The van der Waals surface area contributed by atoms with Gasteiger partial charge in [-0.15, -0.1) is 0 Å². The molecule has 2 amide bonds. The number of amides is 2. The lowest BCUT2D eigenvalue weighted by Crippen LogP contribution is -2.54. The van der Waals surface area contributed by atoms with Crippen molar-refractivity contribution in [2.24, 2.45) is 5.92 Å². The maximum absolute atomic E-state index is 12.4. The summed E-state index contributed by atoms with van der Waals surface area (Å²) in [5, 5.41) is 5.59. The standard InChI is InChI=1S/C18H28N2O3/c1-6-13(2)15(16(21)20-18(3,4)5)19-17(22)23-12-14-10-8-7-9-11-14/h7-11,13,15H,6,12H2,1-5H3,(H,19,22)(H,20,21)/t13?,15-/m0/s1. The Bertz CT molecular complexity index is 509. The van der Waals surface area contributed by atoms with Crippen molar-refractivity contribution in [1.82, 2.24) is 10.6 Å². The summed E-state index contributed by atoms with van der Waals surface area (Å²) in [5.74, 6) is -0.176. The molecule has 1 aromatic rings. The summed E-state index contributed by atoms with van der Waals surface area (Å²) in [6.07, 6.45) is 0.199. The molecule has 5 nitrogen and oxygen atoms in total. The monoisotopic (exact) mass is 320 g/mol. The van der Waals surface area contributed by atoms with E-state index in [4.69, 9.17) is 4.74 Å². The van der Waals surface area contributed by atoms with E-state index in [1.165, 1.54) is 0 Å². The minimum atomic E-state index is -0.609. The SMILES string of the molecule is CCC(C)[C@H](NC(=O)OCc1ccccc1)C(=O)NC(C)(C)C. The topological polar surface area (TPSA) is 67.4 Å². The Labute approximate surface area is 138 Å². The van der Waals surface area contributed by atoms with Crippen LogP contribution in [0.15, 0.2) is 30.3 Å². The Kier molecular flexibility index (Phi) is 7.07. The van der Waals surface area contributed by atoms with Gasteiger partial charge in [0.15, 0.2) is 0 Å². The minimum Gasteiger partial charge on any atom is -0.445 e. The highest BCUT2D eigenvalue weighted by Crippen LogP contribution is 2.11. The summed E-state index contributed by atoms with van der Waals surface area (Å²) < 4.78 is 5.20. The zero-order chi connectivity index (χ0) is 17.5. The van der Waals surface area contributed by atoms with Crippen molar-refractivity contribution in [2.45, 2.75) is 59.2 Å². The average Bonchev–Trinajstić information content (AvgIpc) is 2.49. The second-order valence-corrected chi connectivity index (χ2v) is 6.81. The van der Waals surface area contributed by atoms with Crippen LogP contribution in [0.4, 0.5) is 4.79 Å². The fraction of sp³-hybridized carbons (Fsp3) is 0.556. The zero-order valence-corrected chi connectivity index (χ0v) is 14.7.